The van der Waals surface area contributed by atoms with Gasteiger partial charge in [0.25, 0.3) is 0 Å². The van der Waals surface area contributed by atoms with E-state index < -0.39 is 0 Å². The Balaban J connectivity index is 0.00000200. The molecule has 1 aromatic carbocycles. The maximum atomic E-state index is 12.0. The van der Waals surface area contributed by atoms with Crippen LogP contribution in [0.4, 0.5) is 5.69 Å². The largest absolute Gasteiger partial charge is 0.326 e. The molecule has 1 heterocycles. The summed E-state index contributed by atoms with van der Waals surface area (Å²) in [5, 5.41) is 6.39. The number of halogens is 2. The summed E-state index contributed by atoms with van der Waals surface area (Å²) in [7, 11) is 0. The SMILES string of the molecule is CC(CC(=O)Nc1ccc(I)cc1)C1CCCNC1.Cl. The van der Waals surface area contributed by atoms with Crippen molar-refractivity contribution in [1.82, 2.24) is 5.32 Å². The molecule has 2 atom stereocenters. The van der Waals surface area contributed by atoms with Crippen molar-refractivity contribution in [2.24, 2.45) is 11.8 Å². The van der Waals surface area contributed by atoms with Crippen LogP contribution in [0.1, 0.15) is 26.2 Å². The van der Waals surface area contributed by atoms with E-state index in [4.69, 9.17) is 0 Å². The standard InChI is InChI=1S/C15H21IN2O.ClH/c1-11(12-3-2-8-17-10-12)9-15(19)18-14-6-4-13(16)5-7-14;/h4-7,11-12,17H,2-3,8-10H2,1H3,(H,18,19);1H. The van der Waals surface area contributed by atoms with Gasteiger partial charge in [-0.25, -0.2) is 0 Å². The zero-order valence-electron chi connectivity index (χ0n) is 11.7. The number of piperidine rings is 1. The topological polar surface area (TPSA) is 41.1 Å². The Labute approximate surface area is 140 Å². The number of hydrogen-bond acceptors (Lipinski definition) is 2. The molecule has 0 spiro atoms. The van der Waals surface area contributed by atoms with E-state index in [0.717, 1.165) is 18.8 Å². The Morgan fingerprint density at radius 2 is 2.15 bits per heavy atom. The molecular weight excluding hydrogens is 387 g/mol. The van der Waals surface area contributed by atoms with Crippen LogP contribution in [0.2, 0.25) is 0 Å². The lowest BCUT2D eigenvalue weighted by atomic mass is 9.85. The monoisotopic (exact) mass is 408 g/mol. The first-order valence-electron chi connectivity index (χ1n) is 6.91. The van der Waals surface area contributed by atoms with E-state index in [2.05, 4.69) is 40.1 Å². The third-order valence-corrected chi connectivity index (χ3v) is 4.49. The minimum atomic E-state index is 0. The highest BCUT2D eigenvalue weighted by atomic mass is 127. The zero-order valence-corrected chi connectivity index (χ0v) is 14.7. The number of rotatable bonds is 4. The Kier molecular flexibility index (Phi) is 7.84. The van der Waals surface area contributed by atoms with Gasteiger partial charge in [-0.3, -0.25) is 4.79 Å². The summed E-state index contributed by atoms with van der Waals surface area (Å²) in [4.78, 5) is 12.0. The predicted molar refractivity (Wildman–Crippen MR) is 94.4 cm³/mol. The van der Waals surface area contributed by atoms with Crippen molar-refractivity contribution in [2.45, 2.75) is 26.2 Å². The van der Waals surface area contributed by atoms with E-state index in [1.165, 1.54) is 16.4 Å². The number of hydrogen-bond donors (Lipinski definition) is 2. The summed E-state index contributed by atoms with van der Waals surface area (Å²) in [5.74, 6) is 1.20. The van der Waals surface area contributed by atoms with Crippen molar-refractivity contribution in [3.8, 4) is 0 Å². The fraction of sp³-hybridized carbons (Fsp3) is 0.533. The van der Waals surface area contributed by atoms with Gasteiger partial charge in [0.05, 0.1) is 0 Å². The minimum Gasteiger partial charge on any atom is -0.326 e. The number of benzene rings is 1. The lowest BCUT2D eigenvalue weighted by Gasteiger charge is -2.28. The van der Waals surface area contributed by atoms with E-state index in [1.54, 1.807) is 0 Å². The van der Waals surface area contributed by atoms with E-state index in [0.29, 0.717) is 18.3 Å². The number of carbonyl (C=O) groups is 1. The fourth-order valence-electron chi connectivity index (χ4n) is 2.57. The van der Waals surface area contributed by atoms with Gasteiger partial charge in [0.2, 0.25) is 5.91 Å². The second-order valence-electron chi connectivity index (χ2n) is 5.34. The van der Waals surface area contributed by atoms with Crippen molar-refractivity contribution in [1.29, 1.82) is 0 Å². The third-order valence-electron chi connectivity index (χ3n) is 3.78. The van der Waals surface area contributed by atoms with Gasteiger partial charge in [0.15, 0.2) is 0 Å². The Hall–Kier alpha value is -0.330. The molecule has 20 heavy (non-hydrogen) atoms. The molecule has 0 saturated carbocycles. The lowest BCUT2D eigenvalue weighted by molar-refractivity contribution is -0.117. The second-order valence-corrected chi connectivity index (χ2v) is 6.59. The van der Waals surface area contributed by atoms with Crippen molar-refractivity contribution in [3.05, 3.63) is 27.8 Å². The van der Waals surface area contributed by atoms with Crippen LogP contribution in [-0.2, 0) is 4.79 Å². The van der Waals surface area contributed by atoms with Gasteiger partial charge in [-0.2, -0.15) is 0 Å². The van der Waals surface area contributed by atoms with Gasteiger partial charge >= 0.3 is 0 Å². The summed E-state index contributed by atoms with van der Waals surface area (Å²) in [6, 6.07) is 7.91. The molecule has 1 aliphatic rings. The van der Waals surface area contributed by atoms with Crippen molar-refractivity contribution in [3.63, 3.8) is 0 Å². The zero-order chi connectivity index (χ0) is 13.7. The number of amides is 1. The number of nitrogens with one attached hydrogen (secondary N) is 2. The van der Waals surface area contributed by atoms with Gasteiger partial charge in [-0.05, 0) is 84.6 Å². The summed E-state index contributed by atoms with van der Waals surface area (Å²) < 4.78 is 1.18. The first kappa shape index (κ1) is 17.7. The van der Waals surface area contributed by atoms with Gasteiger partial charge in [-0.1, -0.05) is 6.92 Å². The van der Waals surface area contributed by atoms with E-state index in [-0.39, 0.29) is 18.3 Å². The Bertz CT molecular complexity index is 418. The maximum absolute atomic E-state index is 12.0. The van der Waals surface area contributed by atoms with E-state index in [9.17, 15) is 4.79 Å². The molecule has 1 aromatic rings. The molecule has 112 valence electrons. The van der Waals surface area contributed by atoms with E-state index in [1.807, 2.05) is 24.3 Å². The fourth-order valence-corrected chi connectivity index (χ4v) is 2.93. The minimum absolute atomic E-state index is 0. The predicted octanol–water partition coefficient (Wildman–Crippen LogP) is 3.68. The summed E-state index contributed by atoms with van der Waals surface area (Å²) in [6.07, 6.45) is 3.08. The maximum Gasteiger partial charge on any atom is 0.224 e. The molecule has 3 nitrogen and oxygen atoms in total. The lowest BCUT2D eigenvalue weighted by Crippen LogP contribution is -2.34. The molecular formula is C15H22ClIN2O. The molecule has 0 aromatic heterocycles. The van der Waals surface area contributed by atoms with Crippen LogP contribution in [-0.4, -0.2) is 19.0 Å². The van der Waals surface area contributed by atoms with Gasteiger partial charge < -0.3 is 10.6 Å². The number of carbonyl (C=O) groups excluding carboxylic acids is 1. The van der Waals surface area contributed by atoms with Crippen molar-refractivity contribution >= 4 is 46.6 Å². The molecule has 0 radical (unpaired) electrons. The Morgan fingerprint density at radius 1 is 1.45 bits per heavy atom. The van der Waals surface area contributed by atoms with Crippen LogP contribution in [0.15, 0.2) is 24.3 Å². The molecule has 2 rings (SSSR count). The second kappa shape index (κ2) is 8.85. The molecule has 1 aliphatic heterocycles. The van der Waals surface area contributed by atoms with Crippen LogP contribution >= 0.6 is 35.0 Å². The van der Waals surface area contributed by atoms with Crippen LogP contribution in [0.3, 0.4) is 0 Å². The van der Waals surface area contributed by atoms with Gasteiger partial charge in [-0.15, -0.1) is 12.4 Å². The Morgan fingerprint density at radius 3 is 2.75 bits per heavy atom. The van der Waals surface area contributed by atoms with Crippen LogP contribution in [0.25, 0.3) is 0 Å². The van der Waals surface area contributed by atoms with Crippen LogP contribution < -0.4 is 10.6 Å². The molecule has 2 unspecified atom stereocenters. The van der Waals surface area contributed by atoms with Gasteiger partial charge in [0, 0.05) is 15.7 Å². The highest BCUT2D eigenvalue weighted by Crippen LogP contribution is 2.23. The highest BCUT2D eigenvalue weighted by molar-refractivity contribution is 14.1. The molecule has 1 fully saturated rings. The smallest absolute Gasteiger partial charge is 0.224 e. The molecule has 0 aliphatic carbocycles. The van der Waals surface area contributed by atoms with Crippen molar-refractivity contribution in [2.75, 3.05) is 18.4 Å². The number of anilines is 1. The molecule has 2 N–H and O–H groups in total. The summed E-state index contributed by atoms with van der Waals surface area (Å²) in [5.41, 5.74) is 0.888. The molecule has 0 bridgehead atoms. The molecule has 1 amide bonds. The van der Waals surface area contributed by atoms with E-state index >= 15 is 0 Å². The normalized spacial score (nSPS) is 19.8. The highest BCUT2D eigenvalue weighted by Gasteiger charge is 2.21. The average Bonchev–Trinajstić information content (AvgIpc) is 2.42. The first-order valence-corrected chi connectivity index (χ1v) is 7.99. The van der Waals surface area contributed by atoms with Crippen LogP contribution in [0.5, 0.6) is 0 Å². The van der Waals surface area contributed by atoms with Crippen LogP contribution in [0, 0.1) is 15.4 Å². The summed E-state index contributed by atoms with van der Waals surface area (Å²) in [6.45, 7) is 4.36. The van der Waals surface area contributed by atoms with Crippen molar-refractivity contribution < 1.29 is 4.79 Å². The molecule has 1 saturated heterocycles. The van der Waals surface area contributed by atoms with Gasteiger partial charge in [0.1, 0.15) is 0 Å². The average molecular weight is 409 g/mol. The molecule has 5 heteroatoms. The quantitative estimate of drug-likeness (QED) is 0.746. The third kappa shape index (κ3) is 5.58. The first-order chi connectivity index (χ1) is 9.15. The summed E-state index contributed by atoms with van der Waals surface area (Å²) >= 11 is 2.26.